The summed E-state index contributed by atoms with van der Waals surface area (Å²) in [6.45, 7) is 4.15. The quantitative estimate of drug-likeness (QED) is 0.370. The second kappa shape index (κ2) is 9.60. The second-order valence-electron chi connectivity index (χ2n) is 6.21. The number of ether oxygens (including phenoxy) is 1. The first kappa shape index (κ1) is 21.6. The van der Waals surface area contributed by atoms with Crippen molar-refractivity contribution in [2.45, 2.75) is 11.4 Å². The van der Waals surface area contributed by atoms with Gasteiger partial charge in [0, 0.05) is 12.4 Å². The van der Waals surface area contributed by atoms with E-state index in [0.29, 0.717) is 12.2 Å². The minimum atomic E-state index is -3.96. The summed E-state index contributed by atoms with van der Waals surface area (Å²) in [5.41, 5.74) is 0.459. The first-order chi connectivity index (χ1) is 14.4. The number of esters is 1. The second-order valence-corrected chi connectivity index (χ2v) is 8.48. The molecule has 0 atom stereocenters. The zero-order valence-corrected chi connectivity index (χ0v) is 17.6. The molecule has 3 aromatic rings. The minimum Gasteiger partial charge on any atom is -0.460 e. The SMILES string of the molecule is C=CCN(c1ccccc1)S(=O)(=O)c1ccc(Cl)c(C(=O)OCCn2cccn2)c1. The van der Waals surface area contributed by atoms with Crippen LogP contribution >= 0.6 is 11.6 Å². The van der Waals surface area contributed by atoms with Crippen LogP contribution in [-0.2, 0) is 21.3 Å². The number of hydrogen-bond acceptors (Lipinski definition) is 5. The van der Waals surface area contributed by atoms with Crippen LogP contribution in [0, 0.1) is 0 Å². The highest BCUT2D eigenvalue weighted by molar-refractivity contribution is 7.92. The fourth-order valence-electron chi connectivity index (χ4n) is 2.74. The Hall–Kier alpha value is -3.10. The Morgan fingerprint density at radius 3 is 2.63 bits per heavy atom. The molecule has 0 unspecified atom stereocenters. The van der Waals surface area contributed by atoms with Gasteiger partial charge in [-0.25, -0.2) is 13.2 Å². The maximum atomic E-state index is 13.2. The monoisotopic (exact) mass is 445 g/mol. The molecule has 156 valence electrons. The van der Waals surface area contributed by atoms with Crippen molar-refractivity contribution in [3.05, 3.63) is 90.2 Å². The van der Waals surface area contributed by atoms with E-state index in [2.05, 4.69) is 11.7 Å². The summed E-state index contributed by atoms with van der Waals surface area (Å²) >= 11 is 6.13. The molecule has 9 heteroatoms. The summed E-state index contributed by atoms with van der Waals surface area (Å²) in [7, 11) is -3.96. The number of rotatable bonds is 9. The molecule has 1 heterocycles. The van der Waals surface area contributed by atoms with Crippen molar-refractivity contribution >= 4 is 33.3 Å². The molecule has 30 heavy (non-hydrogen) atoms. The van der Waals surface area contributed by atoms with E-state index in [4.69, 9.17) is 16.3 Å². The van der Waals surface area contributed by atoms with Crippen molar-refractivity contribution in [3.63, 3.8) is 0 Å². The molecule has 0 amide bonds. The molecule has 7 nitrogen and oxygen atoms in total. The van der Waals surface area contributed by atoms with Crippen LogP contribution in [0.1, 0.15) is 10.4 Å². The highest BCUT2D eigenvalue weighted by atomic mass is 35.5. The molecule has 0 saturated carbocycles. The smallest absolute Gasteiger partial charge is 0.339 e. The number of hydrogen-bond donors (Lipinski definition) is 0. The maximum Gasteiger partial charge on any atom is 0.339 e. The molecule has 2 aromatic carbocycles. The van der Waals surface area contributed by atoms with Crippen molar-refractivity contribution in [3.8, 4) is 0 Å². The van der Waals surface area contributed by atoms with Gasteiger partial charge < -0.3 is 4.74 Å². The number of carbonyl (C=O) groups excluding carboxylic acids is 1. The molecule has 0 saturated heterocycles. The minimum absolute atomic E-state index is 0.0233. The van der Waals surface area contributed by atoms with E-state index in [0.717, 1.165) is 0 Å². The zero-order chi connectivity index (χ0) is 21.6. The van der Waals surface area contributed by atoms with E-state index >= 15 is 0 Å². The molecule has 0 aliphatic heterocycles. The Kier molecular flexibility index (Phi) is 6.91. The predicted molar refractivity (Wildman–Crippen MR) is 115 cm³/mol. The van der Waals surface area contributed by atoms with Gasteiger partial charge in [0.15, 0.2) is 0 Å². The molecule has 0 aliphatic rings. The Morgan fingerprint density at radius 2 is 1.97 bits per heavy atom. The molecule has 0 bridgehead atoms. The third-order valence-corrected chi connectivity index (χ3v) is 6.32. The average Bonchev–Trinajstić information content (AvgIpc) is 3.26. The van der Waals surface area contributed by atoms with E-state index in [1.807, 2.05) is 0 Å². The Morgan fingerprint density at radius 1 is 1.20 bits per heavy atom. The third kappa shape index (κ3) is 4.90. The van der Waals surface area contributed by atoms with Gasteiger partial charge in [-0.05, 0) is 36.4 Å². The number of sulfonamides is 1. The van der Waals surface area contributed by atoms with Gasteiger partial charge in [0.2, 0.25) is 0 Å². The lowest BCUT2D eigenvalue weighted by molar-refractivity contribution is 0.0487. The van der Waals surface area contributed by atoms with Crippen LogP contribution in [-0.4, -0.2) is 37.3 Å². The third-order valence-electron chi connectivity index (χ3n) is 4.20. The van der Waals surface area contributed by atoms with Crippen LogP contribution in [0.25, 0.3) is 0 Å². The van der Waals surface area contributed by atoms with Crippen LogP contribution in [0.5, 0.6) is 0 Å². The number of benzene rings is 2. The molecule has 0 spiro atoms. The lowest BCUT2D eigenvalue weighted by atomic mass is 10.2. The summed E-state index contributed by atoms with van der Waals surface area (Å²) in [5.74, 6) is -0.709. The molecule has 0 aliphatic carbocycles. The molecular formula is C21H20ClN3O4S. The standard InChI is InChI=1S/C21H20ClN3O4S/c1-2-12-25(17-7-4-3-5-8-17)30(27,28)18-9-10-20(22)19(16-18)21(26)29-15-14-24-13-6-11-23-24/h2-11,13,16H,1,12,14-15H2. The summed E-state index contributed by atoms with van der Waals surface area (Å²) in [6, 6.07) is 14.4. The largest absolute Gasteiger partial charge is 0.460 e. The lowest BCUT2D eigenvalue weighted by Crippen LogP contribution is -2.31. The first-order valence-electron chi connectivity index (χ1n) is 9.06. The van der Waals surface area contributed by atoms with Crippen LogP contribution in [0.3, 0.4) is 0 Å². The molecular weight excluding hydrogens is 426 g/mol. The van der Waals surface area contributed by atoms with Gasteiger partial charge in [0.25, 0.3) is 10.0 Å². The van der Waals surface area contributed by atoms with E-state index < -0.39 is 16.0 Å². The predicted octanol–water partition coefficient (Wildman–Crippen LogP) is 3.77. The highest BCUT2D eigenvalue weighted by Gasteiger charge is 2.26. The van der Waals surface area contributed by atoms with Gasteiger partial charge in [0.1, 0.15) is 6.61 Å². The first-order valence-corrected chi connectivity index (χ1v) is 10.9. The Labute approximate surface area is 180 Å². The van der Waals surface area contributed by atoms with Crippen LogP contribution in [0.15, 0.2) is 84.5 Å². The summed E-state index contributed by atoms with van der Waals surface area (Å²) in [5, 5.41) is 4.13. The van der Waals surface area contributed by atoms with Gasteiger partial charge in [0.05, 0.1) is 34.3 Å². The van der Waals surface area contributed by atoms with E-state index in [-0.39, 0.29) is 28.6 Å². The van der Waals surface area contributed by atoms with E-state index in [1.165, 1.54) is 28.6 Å². The zero-order valence-electron chi connectivity index (χ0n) is 16.0. The topological polar surface area (TPSA) is 81.5 Å². The van der Waals surface area contributed by atoms with Crippen LogP contribution < -0.4 is 4.31 Å². The molecule has 3 rings (SSSR count). The van der Waals surface area contributed by atoms with Crippen molar-refractivity contribution in [1.29, 1.82) is 0 Å². The van der Waals surface area contributed by atoms with Crippen molar-refractivity contribution in [2.24, 2.45) is 0 Å². The fraction of sp³-hybridized carbons (Fsp3) is 0.143. The van der Waals surface area contributed by atoms with Crippen molar-refractivity contribution < 1.29 is 17.9 Å². The summed E-state index contributed by atoms with van der Waals surface area (Å²) in [4.78, 5) is 12.4. The van der Waals surface area contributed by atoms with E-state index in [9.17, 15) is 13.2 Å². The van der Waals surface area contributed by atoms with Crippen molar-refractivity contribution in [2.75, 3.05) is 17.5 Å². The molecule has 0 radical (unpaired) electrons. The Bertz CT molecular complexity index is 1120. The fourth-order valence-corrected chi connectivity index (χ4v) is 4.40. The normalized spacial score (nSPS) is 11.1. The summed E-state index contributed by atoms with van der Waals surface area (Å²) in [6.07, 6.45) is 4.85. The van der Waals surface area contributed by atoms with Gasteiger partial charge in [-0.15, -0.1) is 6.58 Å². The number of aromatic nitrogens is 2. The number of anilines is 1. The maximum absolute atomic E-state index is 13.2. The lowest BCUT2D eigenvalue weighted by Gasteiger charge is -2.23. The van der Waals surface area contributed by atoms with Crippen LogP contribution in [0.4, 0.5) is 5.69 Å². The van der Waals surface area contributed by atoms with E-state index in [1.54, 1.807) is 53.5 Å². The van der Waals surface area contributed by atoms with Gasteiger partial charge >= 0.3 is 5.97 Å². The molecule has 1 aromatic heterocycles. The van der Waals surface area contributed by atoms with Gasteiger partial charge in [-0.1, -0.05) is 35.9 Å². The van der Waals surface area contributed by atoms with Gasteiger partial charge in [-0.3, -0.25) is 8.99 Å². The van der Waals surface area contributed by atoms with Gasteiger partial charge in [-0.2, -0.15) is 5.10 Å². The highest BCUT2D eigenvalue weighted by Crippen LogP contribution is 2.27. The number of nitrogens with zero attached hydrogens (tertiary/aromatic N) is 3. The number of para-hydroxylation sites is 1. The number of carbonyl (C=O) groups is 1. The molecule has 0 fully saturated rings. The van der Waals surface area contributed by atoms with Crippen LogP contribution in [0.2, 0.25) is 5.02 Å². The molecule has 0 N–H and O–H groups in total. The average molecular weight is 446 g/mol. The number of halogens is 1. The summed E-state index contributed by atoms with van der Waals surface area (Å²) < 4.78 is 34.6. The van der Waals surface area contributed by atoms with Crippen molar-refractivity contribution in [1.82, 2.24) is 9.78 Å². The Balaban J connectivity index is 1.85.